The van der Waals surface area contributed by atoms with Gasteiger partial charge in [0.05, 0.1) is 5.92 Å². The molecule has 0 saturated carbocycles. The number of hydrogen-bond acceptors (Lipinski definition) is 9. The Morgan fingerprint density at radius 1 is 0.812 bits per heavy atom. The molecule has 1 aromatic carbocycles. The van der Waals surface area contributed by atoms with E-state index >= 15 is 0 Å². The number of nitrogens with zero attached hydrogens (tertiary/aromatic N) is 1. The van der Waals surface area contributed by atoms with Crippen molar-refractivity contribution in [2.24, 2.45) is 17.4 Å². The second-order valence-corrected chi connectivity index (χ2v) is 11.8. The molecule has 0 aromatic heterocycles. The minimum Gasteiger partial charge on any atom is -0.461 e. The lowest BCUT2D eigenvalue weighted by molar-refractivity contribution is -0.148. The van der Waals surface area contributed by atoms with Gasteiger partial charge in [0.25, 0.3) is 11.8 Å². The number of unbranched alkanes of at least 4 members (excludes halogenated alkanes) is 3. The van der Waals surface area contributed by atoms with Gasteiger partial charge < -0.3 is 37.5 Å². The van der Waals surface area contributed by atoms with E-state index < -0.39 is 29.9 Å². The molecular weight excluding hydrogens is 622 g/mol. The molecule has 0 saturated heterocycles. The number of nitrogens with two attached hydrogens (primary N) is 2. The summed E-state index contributed by atoms with van der Waals surface area (Å²) in [6.45, 7) is 4.44. The van der Waals surface area contributed by atoms with Gasteiger partial charge in [-0.05, 0) is 69.2 Å². The van der Waals surface area contributed by atoms with Crippen molar-refractivity contribution < 1.29 is 38.3 Å². The average molecular weight is 672 g/mol. The van der Waals surface area contributed by atoms with Gasteiger partial charge >= 0.3 is 12.0 Å². The molecular formula is C33H49N7O8. The summed E-state index contributed by atoms with van der Waals surface area (Å²) in [4.78, 5) is 86.9. The summed E-state index contributed by atoms with van der Waals surface area (Å²) in [7, 11) is 0. The van der Waals surface area contributed by atoms with Crippen molar-refractivity contribution in [1.82, 2.24) is 20.9 Å². The zero-order valence-corrected chi connectivity index (χ0v) is 27.8. The average Bonchev–Trinajstić information content (AvgIpc) is 3.37. The highest BCUT2D eigenvalue weighted by Gasteiger charge is 2.27. The summed E-state index contributed by atoms with van der Waals surface area (Å²) in [5.41, 5.74) is 12.0. The molecule has 2 atom stereocenters. The third-order valence-corrected chi connectivity index (χ3v) is 7.46. The third-order valence-electron chi connectivity index (χ3n) is 7.46. The topological polar surface area (TPSA) is 232 Å². The van der Waals surface area contributed by atoms with E-state index in [4.69, 9.17) is 16.2 Å². The molecule has 8 N–H and O–H groups in total. The molecule has 264 valence electrons. The van der Waals surface area contributed by atoms with Crippen LogP contribution in [0.1, 0.15) is 77.2 Å². The van der Waals surface area contributed by atoms with Crippen molar-refractivity contribution in [1.29, 1.82) is 0 Å². The summed E-state index contributed by atoms with van der Waals surface area (Å²) >= 11 is 0. The Hall–Kier alpha value is -4.79. The Morgan fingerprint density at radius 2 is 1.46 bits per heavy atom. The fourth-order valence-corrected chi connectivity index (χ4v) is 4.71. The monoisotopic (exact) mass is 671 g/mol. The zero-order valence-electron chi connectivity index (χ0n) is 27.8. The Morgan fingerprint density at radius 3 is 2.08 bits per heavy atom. The number of carbonyl (C=O) groups is 7. The SMILES string of the molecule is CC(C)C(=O)OCc1ccc(NC(=O)[C@H](CCCNC(N)=O)NC(=O)[C@H](CCCCN)NC(=O)CCCCCN2C(=O)C=CC2=O)cc1. The number of ether oxygens (including phenoxy) is 1. The number of carbonyl (C=O) groups excluding carboxylic acids is 7. The van der Waals surface area contributed by atoms with Gasteiger partial charge in [-0.1, -0.05) is 32.4 Å². The second-order valence-electron chi connectivity index (χ2n) is 11.8. The molecule has 15 nitrogen and oxygen atoms in total. The van der Waals surface area contributed by atoms with Gasteiger partial charge in [-0.25, -0.2) is 4.79 Å². The van der Waals surface area contributed by atoms with E-state index in [1.54, 1.807) is 38.1 Å². The van der Waals surface area contributed by atoms with Gasteiger partial charge in [-0.2, -0.15) is 0 Å². The summed E-state index contributed by atoms with van der Waals surface area (Å²) in [6, 6.07) is 4.09. The normalized spacial score (nSPS) is 13.6. The highest BCUT2D eigenvalue weighted by molar-refractivity contribution is 6.12. The fraction of sp³-hybridized carbons (Fsp3) is 0.545. The van der Waals surface area contributed by atoms with Crippen LogP contribution >= 0.6 is 0 Å². The molecule has 2 rings (SSSR count). The maximum Gasteiger partial charge on any atom is 0.312 e. The largest absolute Gasteiger partial charge is 0.461 e. The molecule has 48 heavy (non-hydrogen) atoms. The summed E-state index contributed by atoms with van der Waals surface area (Å²) in [6.07, 6.45) is 6.23. The van der Waals surface area contributed by atoms with Crippen molar-refractivity contribution in [3.05, 3.63) is 42.0 Å². The Kier molecular flexibility index (Phi) is 17.4. The van der Waals surface area contributed by atoms with E-state index in [0.29, 0.717) is 57.2 Å². The number of hydrogen-bond donors (Lipinski definition) is 6. The molecule has 15 heteroatoms. The van der Waals surface area contributed by atoms with Gasteiger partial charge in [0.1, 0.15) is 18.7 Å². The van der Waals surface area contributed by atoms with Crippen molar-refractivity contribution in [3.63, 3.8) is 0 Å². The number of urea groups is 1. The number of primary amides is 1. The molecule has 1 heterocycles. The van der Waals surface area contributed by atoms with Crippen LogP contribution in [-0.2, 0) is 40.1 Å². The first-order valence-corrected chi connectivity index (χ1v) is 16.3. The standard InChI is InChI=1S/C33H49N7O8/c1-22(2)32(46)48-21-23-12-14-24(15-13-23)37-30(44)26(10-8-19-36-33(35)47)39-31(45)25(9-5-6-18-34)38-27(41)11-4-3-7-20-40-28(42)16-17-29(40)43/h12-17,22,25-26H,3-11,18-21,34H2,1-2H3,(H,37,44)(H,38,41)(H,39,45)(H3,35,36,47)/t25-,26-/m0/s1. The Balaban J connectivity index is 1.99. The highest BCUT2D eigenvalue weighted by atomic mass is 16.5. The summed E-state index contributed by atoms with van der Waals surface area (Å²) < 4.78 is 5.23. The van der Waals surface area contributed by atoms with Crippen molar-refractivity contribution in [2.75, 3.05) is 25.0 Å². The summed E-state index contributed by atoms with van der Waals surface area (Å²) in [5, 5.41) is 10.8. The number of esters is 1. The van der Waals surface area contributed by atoms with Crippen LogP contribution in [0, 0.1) is 5.92 Å². The van der Waals surface area contributed by atoms with Crippen molar-refractivity contribution in [2.45, 2.75) is 90.3 Å². The maximum absolute atomic E-state index is 13.4. The van der Waals surface area contributed by atoms with Crippen LogP contribution in [0.4, 0.5) is 10.5 Å². The number of amides is 7. The van der Waals surface area contributed by atoms with Gasteiger partial charge in [0.15, 0.2) is 0 Å². The lowest BCUT2D eigenvalue weighted by Crippen LogP contribution is -2.52. The molecule has 0 aliphatic carbocycles. The third kappa shape index (κ3) is 14.8. The van der Waals surface area contributed by atoms with Gasteiger partial charge in [0, 0.05) is 37.3 Å². The van der Waals surface area contributed by atoms with Crippen molar-refractivity contribution >= 4 is 47.2 Å². The number of anilines is 1. The summed E-state index contributed by atoms with van der Waals surface area (Å²) in [5.74, 6) is -2.65. The molecule has 0 spiro atoms. The molecule has 1 aliphatic heterocycles. The van der Waals surface area contributed by atoms with E-state index in [1.165, 1.54) is 12.2 Å². The highest BCUT2D eigenvalue weighted by Crippen LogP contribution is 2.14. The molecule has 0 bridgehead atoms. The molecule has 0 radical (unpaired) electrons. The lowest BCUT2D eigenvalue weighted by atomic mass is 10.1. The quantitative estimate of drug-likeness (QED) is 0.0593. The first-order valence-electron chi connectivity index (χ1n) is 16.3. The second kappa shape index (κ2) is 21.2. The Labute approximate surface area is 280 Å². The number of nitrogens with one attached hydrogen (secondary N) is 4. The Bertz CT molecular complexity index is 1280. The fourth-order valence-electron chi connectivity index (χ4n) is 4.71. The number of imide groups is 1. The van der Waals surface area contributed by atoms with E-state index in [0.717, 1.165) is 10.5 Å². The lowest BCUT2D eigenvalue weighted by Gasteiger charge is -2.23. The molecule has 7 amide bonds. The van der Waals surface area contributed by atoms with Gasteiger partial charge in [-0.3, -0.25) is 33.7 Å². The number of benzene rings is 1. The van der Waals surface area contributed by atoms with Crippen LogP contribution in [0.3, 0.4) is 0 Å². The predicted molar refractivity (Wildman–Crippen MR) is 178 cm³/mol. The molecule has 0 fully saturated rings. The molecule has 1 aromatic rings. The predicted octanol–water partition coefficient (Wildman–Crippen LogP) is 1.36. The van der Waals surface area contributed by atoms with Crippen LogP contribution in [-0.4, -0.2) is 78.2 Å². The van der Waals surface area contributed by atoms with Crippen LogP contribution in [0.5, 0.6) is 0 Å². The smallest absolute Gasteiger partial charge is 0.312 e. The van der Waals surface area contributed by atoms with E-state index in [9.17, 15) is 33.6 Å². The van der Waals surface area contributed by atoms with Crippen LogP contribution < -0.4 is 32.7 Å². The number of rotatable bonds is 22. The van der Waals surface area contributed by atoms with E-state index in [2.05, 4.69) is 21.3 Å². The maximum atomic E-state index is 13.4. The first kappa shape index (κ1) is 39.4. The van der Waals surface area contributed by atoms with Crippen LogP contribution in [0.25, 0.3) is 0 Å². The zero-order chi connectivity index (χ0) is 35.5. The van der Waals surface area contributed by atoms with Crippen LogP contribution in [0.2, 0.25) is 0 Å². The minimum atomic E-state index is -1.00. The molecule has 1 aliphatic rings. The minimum absolute atomic E-state index is 0.0897. The van der Waals surface area contributed by atoms with Crippen LogP contribution in [0.15, 0.2) is 36.4 Å². The van der Waals surface area contributed by atoms with Gasteiger partial charge in [0.2, 0.25) is 17.7 Å². The van der Waals surface area contributed by atoms with Crippen molar-refractivity contribution in [3.8, 4) is 0 Å². The first-order chi connectivity index (χ1) is 22.9. The van der Waals surface area contributed by atoms with Gasteiger partial charge in [-0.15, -0.1) is 0 Å². The van der Waals surface area contributed by atoms with E-state index in [1.807, 2.05) is 0 Å². The van der Waals surface area contributed by atoms with E-state index in [-0.39, 0.29) is 62.1 Å². The molecule has 0 unspecified atom stereocenters.